The second-order valence-electron chi connectivity index (χ2n) is 11.9. The Morgan fingerprint density at radius 1 is 0.346 bits per heavy atom. The van der Waals surface area contributed by atoms with Crippen molar-refractivity contribution >= 4 is 0 Å². The summed E-state index contributed by atoms with van der Waals surface area (Å²) in [6, 6.07) is 8.45. The summed E-state index contributed by atoms with van der Waals surface area (Å²) in [7, 11) is 0. The maximum Gasteiger partial charge on any atom is 0.119 e. The van der Waals surface area contributed by atoms with Crippen LogP contribution in [0.5, 0.6) is 5.75 Å². The van der Waals surface area contributed by atoms with E-state index in [0.717, 1.165) is 12.2 Å². The van der Waals surface area contributed by atoms with E-state index in [9.17, 15) is 0 Å². The van der Waals surface area contributed by atoms with Crippen LogP contribution in [-0.4, -0.2) is 159 Å². The van der Waals surface area contributed by atoms with Gasteiger partial charge in [-0.1, -0.05) is 57.6 Å². The van der Waals surface area contributed by atoms with Crippen molar-refractivity contribution in [3.63, 3.8) is 0 Å². The summed E-state index contributed by atoms with van der Waals surface area (Å²) in [5.74, 6) is 0.886. The topological polar surface area (TPSA) is 137 Å². The van der Waals surface area contributed by atoms with Gasteiger partial charge < -0.3 is 62.6 Å². The monoisotopic (exact) mass is 748 g/mol. The third kappa shape index (κ3) is 36.9. The highest BCUT2D eigenvalue weighted by atomic mass is 16.6. The molecule has 0 spiro atoms. The predicted molar refractivity (Wildman–Crippen MR) is 202 cm³/mol. The van der Waals surface area contributed by atoms with Crippen LogP contribution in [0.25, 0.3) is 0 Å². The Morgan fingerprint density at radius 2 is 0.635 bits per heavy atom. The van der Waals surface area contributed by atoms with Crippen LogP contribution < -0.4 is 10.5 Å². The molecule has 0 amide bonds. The fourth-order valence-electron chi connectivity index (χ4n) is 4.64. The Balaban J connectivity index is 1.68. The van der Waals surface area contributed by atoms with Crippen molar-refractivity contribution in [3.05, 3.63) is 29.8 Å². The zero-order valence-corrected chi connectivity index (χ0v) is 32.4. The number of ether oxygens (including phenoxy) is 12. The lowest BCUT2D eigenvalue weighted by molar-refractivity contribution is -0.0276. The van der Waals surface area contributed by atoms with E-state index < -0.39 is 0 Å². The average molecular weight is 748 g/mol. The molecule has 0 aromatic heterocycles. The van der Waals surface area contributed by atoms with Gasteiger partial charge in [0, 0.05) is 6.54 Å². The van der Waals surface area contributed by atoms with Crippen LogP contribution in [0.4, 0.5) is 0 Å². The molecule has 0 saturated carbocycles. The van der Waals surface area contributed by atoms with Gasteiger partial charge in [0.2, 0.25) is 0 Å². The van der Waals surface area contributed by atoms with Gasteiger partial charge in [-0.15, -0.1) is 0 Å². The van der Waals surface area contributed by atoms with E-state index in [2.05, 4.69) is 31.2 Å². The Hall–Kier alpha value is -1.46. The molecule has 1 aromatic carbocycles. The molecule has 0 fully saturated rings. The van der Waals surface area contributed by atoms with Gasteiger partial charge >= 0.3 is 0 Å². The molecule has 0 saturated heterocycles. The Labute approximate surface area is 314 Å². The molecule has 2 N–H and O–H groups in total. The minimum absolute atomic E-state index is 0.511. The standard InChI is InChI=1S/C39H73NO12/c1-2-3-4-5-6-7-8-9-38-10-12-39(13-11-38)52-37-36-51-35-34-50-33-32-49-31-30-48-29-28-47-27-26-46-25-24-45-23-22-44-21-20-43-19-18-42-17-16-41-15-14-40/h10-13H,2-9,14-37,40H2,1H3. The van der Waals surface area contributed by atoms with Gasteiger partial charge in [-0.05, 0) is 30.5 Å². The number of unbranched alkanes of at least 4 members (excludes halogenated alkanes) is 6. The molecule has 0 radical (unpaired) electrons. The lowest BCUT2D eigenvalue weighted by Gasteiger charge is -2.09. The number of nitrogens with two attached hydrogens (primary N) is 1. The summed E-state index contributed by atoms with van der Waals surface area (Å²) in [4.78, 5) is 0. The Morgan fingerprint density at radius 3 is 0.962 bits per heavy atom. The lowest BCUT2D eigenvalue weighted by atomic mass is 10.0. The molecule has 13 heteroatoms. The second kappa shape index (κ2) is 42.3. The Kier molecular flexibility index (Phi) is 39.5. The Bertz CT molecular complexity index is 808. The highest BCUT2D eigenvalue weighted by Gasteiger charge is 1.99. The molecule has 52 heavy (non-hydrogen) atoms. The van der Waals surface area contributed by atoms with Crippen molar-refractivity contribution < 1.29 is 56.8 Å². The van der Waals surface area contributed by atoms with E-state index in [0.29, 0.717) is 159 Å². The van der Waals surface area contributed by atoms with Crippen LogP contribution in [0, 0.1) is 0 Å². The SMILES string of the molecule is CCCCCCCCCc1ccc(OCCOCCOCCOCCOCCOCCOCCOCCOCCOCCOCCOCCN)cc1. The van der Waals surface area contributed by atoms with Crippen LogP contribution in [0.1, 0.15) is 57.4 Å². The van der Waals surface area contributed by atoms with E-state index in [1.807, 2.05) is 0 Å². The number of rotatable bonds is 44. The first-order valence-electron chi connectivity index (χ1n) is 19.6. The predicted octanol–water partition coefficient (Wildman–Crippen LogP) is 4.50. The van der Waals surface area contributed by atoms with Crippen molar-refractivity contribution in [1.82, 2.24) is 0 Å². The molecule has 0 aliphatic carbocycles. The van der Waals surface area contributed by atoms with Gasteiger partial charge in [-0.25, -0.2) is 0 Å². The van der Waals surface area contributed by atoms with Gasteiger partial charge in [0.15, 0.2) is 0 Å². The van der Waals surface area contributed by atoms with Gasteiger partial charge in [0.05, 0.1) is 145 Å². The summed E-state index contributed by atoms with van der Waals surface area (Å²) < 4.78 is 65.9. The number of benzene rings is 1. The first kappa shape index (κ1) is 48.6. The molecule has 0 unspecified atom stereocenters. The second-order valence-corrected chi connectivity index (χ2v) is 11.9. The maximum absolute atomic E-state index is 5.78. The largest absolute Gasteiger partial charge is 0.491 e. The molecule has 0 aliphatic heterocycles. The number of hydrogen-bond donors (Lipinski definition) is 1. The third-order valence-electron chi connectivity index (χ3n) is 7.47. The zero-order chi connectivity index (χ0) is 37.1. The zero-order valence-electron chi connectivity index (χ0n) is 32.4. The molecule has 0 atom stereocenters. The van der Waals surface area contributed by atoms with Gasteiger partial charge in [0.1, 0.15) is 12.4 Å². The van der Waals surface area contributed by atoms with Crippen LogP contribution in [-0.2, 0) is 58.5 Å². The highest BCUT2D eigenvalue weighted by molar-refractivity contribution is 5.27. The lowest BCUT2D eigenvalue weighted by Crippen LogP contribution is -2.16. The van der Waals surface area contributed by atoms with Crippen LogP contribution in [0.15, 0.2) is 24.3 Å². The quantitative estimate of drug-likeness (QED) is 0.0940. The van der Waals surface area contributed by atoms with Crippen molar-refractivity contribution in [2.75, 3.05) is 159 Å². The number of aryl methyl sites for hydroxylation is 1. The van der Waals surface area contributed by atoms with Crippen LogP contribution >= 0.6 is 0 Å². The summed E-state index contributed by atoms with van der Waals surface area (Å²) in [5, 5.41) is 0. The van der Waals surface area contributed by atoms with Crippen molar-refractivity contribution in [1.29, 1.82) is 0 Å². The van der Waals surface area contributed by atoms with Crippen molar-refractivity contribution in [2.45, 2.75) is 58.3 Å². The summed E-state index contributed by atoms with van der Waals surface area (Å²) >= 11 is 0. The first-order valence-corrected chi connectivity index (χ1v) is 19.6. The minimum Gasteiger partial charge on any atom is -0.491 e. The normalized spacial score (nSPS) is 11.5. The van der Waals surface area contributed by atoms with Crippen molar-refractivity contribution in [2.24, 2.45) is 5.73 Å². The molecule has 0 aliphatic rings. The average Bonchev–Trinajstić information content (AvgIpc) is 3.16. The minimum atomic E-state index is 0.511. The molecule has 0 heterocycles. The van der Waals surface area contributed by atoms with Gasteiger partial charge in [-0.2, -0.15) is 0 Å². The fourth-order valence-corrected chi connectivity index (χ4v) is 4.64. The fraction of sp³-hybridized carbons (Fsp3) is 0.846. The highest BCUT2D eigenvalue weighted by Crippen LogP contribution is 2.15. The summed E-state index contributed by atoms with van der Waals surface area (Å²) in [6.07, 6.45) is 10.5. The third-order valence-corrected chi connectivity index (χ3v) is 7.47. The smallest absolute Gasteiger partial charge is 0.119 e. The van der Waals surface area contributed by atoms with E-state index in [1.165, 1.54) is 50.5 Å². The van der Waals surface area contributed by atoms with Gasteiger partial charge in [0.25, 0.3) is 0 Å². The first-order chi connectivity index (χ1) is 25.9. The summed E-state index contributed by atoms with van der Waals surface area (Å²) in [6.45, 7) is 14.8. The molecule has 306 valence electrons. The molecular weight excluding hydrogens is 674 g/mol. The van der Waals surface area contributed by atoms with Crippen molar-refractivity contribution in [3.8, 4) is 5.75 Å². The molecule has 13 nitrogen and oxygen atoms in total. The van der Waals surface area contributed by atoms with E-state index in [1.54, 1.807) is 0 Å². The van der Waals surface area contributed by atoms with E-state index >= 15 is 0 Å². The maximum atomic E-state index is 5.78. The molecule has 1 rings (SSSR count). The number of hydrogen-bond acceptors (Lipinski definition) is 13. The molecule has 0 bridgehead atoms. The van der Waals surface area contributed by atoms with E-state index in [-0.39, 0.29) is 0 Å². The molecular formula is C39H73NO12. The summed E-state index contributed by atoms with van der Waals surface area (Å²) in [5.41, 5.74) is 6.72. The van der Waals surface area contributed by atoms with E-state index in [4.69, 9.17) is 62.6 Å². The van der Waals surface area contributed by atoms with Crippen LogP contribution in [0.3, 0.4) is 0 Å². The van der Waals surface area contributed by atoms with Gasteiger partial charge in [-0.3, -0.25) is 0 Å². The molecule has 1 aromatic rings. The van der Waals surface area contributed by atoms with Crippen LogP contribution in [0.2, 0.25) is 0 Å².